The molecule has 8 heteroatoms. The lowest BCUT2D eigenvalue weighted by Crippen LogP contribution is -2.57. The molecule has 2 rings (SSSR count). The minimum Gasteiger partial charge on any atom is -0.379 e. The summed E-state index contributed by atoms with van der Waals surface area (Å²) in [7, 11) is 0. The summed E-state index contributed by atoms with van der Waals surface area (Å²) in [6.45, 7) is 9.19. The summed E-state index contributed by atoms with van der Waals surface area (Å²) in [5.74, 6) is -0.160. The second kappa shape index (κ2) is 10.7. The molecular formula is C17H28BrCl2N3O2. The third-order valence-corrected chi connectivity index (χ3v) is 5.15. The molecule has 1 amide bonds. The molecule has 0 saturated carbocycles. The Morgan fingerprint density at radius 1 is 1.24 bits per heavy atom. The first-order valence-electron chi connectivity index (χ1n) is 8.00. The van der Waals surface area contributed by atoms with Gasteiger partial charge >= 0.3 is 0 Å². The molecule has 1 aromatic carbocycles. The molecule has 3 N–H and O–H groups in total. The van der Waals surface area contributed by atoms with Gasteiger partial charge in [0.1, 0.15) is 5.54 Å². The second-order valence-electron chi connectivity index (χ2n) is 6.36. The number of ether oxygens (including phenoxy) is 1. The number of morpholine rings is 1. The molecule has 25 heavy (non-hydrogen) atoms. The Morgan fingerprint density at radius 3 is 2.28 bits per heavy atom. The summed E-state index contributed by atoms with van der Waals surface area (Å²) in [6.07, 6.45) is 0. The lowest BCUT2D eigenvalue weighted by Gasteiger charge is -2.37. The quantitative estimate of drug-likeness (QED) is 0.714. The Bertz CT molecular complexity index is 537. The van der Waals surface area contributed by atoms with Crippen molar-refractivity contribution in [3.05, 3.63) is 34.3 Å². The smallest absolute Gasteiger partial charge is 0.244 e. The number of amides is 1. The average Bonchev–Trinajstić information content (AvgIpc) is 2.55. The molecule has 1 aromatic rings. The van der Waals surface area contributed by atoms with Crippen molar-refractivity contribution in [3.8, 4) is 0 Å². The predicted octanol–water partition coefficient (Wildman–Crippen LogP) is 2.69. The minimum atomic E-state index is -1.06. The van der Waals surface area contributed by atoms with E-state index in [9.17, 15) is 4.79 Å². The van der Waals surface area contributed by atoms with E-state index in [4.69, 9.17) is 10.5 Å². The lowest BCUT2D eigenvalue weighted by molar-refractivity contribution is -0.127. The molecule has 1 heterocycles. The molecule has 3 atom stereocenters. The van der Waals surface area contributed by atoms with Gasteiger partial charge in [-0.2, -0.15) is 0 Å². The monoisotopic (exact) mass is 455 g/mol. The van der Waals surface area contributed by atoms with Crippen LogP contribution in [0.2, 0.25) is 0 Å². The Morgan fingerprint density at radius 2 is 1.76 bits per heavy atom. The van der Waals surface area contributed by atoms with Crippen LogP contribution in [0.3, 0.4) is 0 Å². The highest BCUT2D eigenvalue weighted by Gasteiger charge is 2.33. The number of hydrogen-bond donors (Lipinski definition) is 2. The Balaban J connectivity index is 0.00000288. The second-order valence-corrected chi connectivity index (χ2v) is 7.28. The van der Waals surface area contributed by atoms with Gasteiger partial charge in [-0.15, -0.1) is 24.8 Å². The predicted molar refractivity (Wildman–Crippen MR) is 110 cm³/mol. The van der Waals surface area contributed by atoms with Crippen molar-refractivity contribution >= 4 is 46.7 Å². The number of carbonyl (C=O) groups excluding carboxylic acids is 1. The van der Waals surface area contributed by atoms with Crippen LogP contribution in [0.5, 0.6) is 0 Å². The van der Waals surface area contributed by atoms with E-state index in [-0.39, 0.29) is 42.8 Å². The van der Waals surface area contributed by atoms with Crippen LogP contribution in [-0.2, 0) is 15.1 Å². The molecule has 1 aliphatic heterocycles. The fraction of sp³-hybridized carbons (Fsp3) is 0.588. The third kappa shape index (κ3) is 6.38. The van der Waals surface area contributed by atoms with E-state index in [0.717, 1.165) is 36.3 Å². The van der Waals surface area contributed by atoms with Gasteiger partial charge in [-0.05, 0) is 38.5 Å². The molecule has 0 aromatic heterocycles. The maximum absolute atomic E-state index is 12.7. The van der Waals surface area contributed by atoms with Crippen molar-refractivity contribution in [2.45, 2.75) is 38.4 Å². The molecule has 5 nitrogen and oxygen atoms in total. The fourth-order valence-electron chi connectivity index (χ4n) is 2.71. The zero-order valence-electron chi connectivity index (χ0n) is 14.8. The van der Waals surface area contributed by atoms with Crippen LogP contribution in [0.15, 0.2) is 28.7 Å². The highest BCUT2D eigenvalue weighted by atomic mass is 79.9. The van der Waals surface area contributed by atoms with E-state index in [1.54, 1.807) is 6.92 Å². The van der Waals surface area contributed by atoms with Gasteiger partial charge in [-0.25, -0.2) is 0 Å². The summed E-state index contributed by atoms with van der Waals surface area (Å²) in [5, 5.41) is 3.07. The van der Waals surface area contributed by atoms with Crippen LogP contribution in [0.4, 0.5) is 0 Å². The summed E-state index contributed by atoms with van der Waals surface area (Å²) in [6, 6.07) is 7.79. The van der Waals surface area contributed by atoms with Crippen LogP contribution >= 0.6 is 40.7 Å². The molecular weight excluding hydrogens is 429 g/mol. The van der Waals surface area contributed by atoms with Gasteiger partial charge in [0.15, 0.2) is 0 Å². The number of rotatable bonds is 5. The van der Waals surface area contributed by atoms with Crippen LogP contribution in [0.25, 0.3) is 0 Å². The van der Waals surface area contributed by atoms with Crippen LogP contribution in [0.1, 0.15) is 26.3 Å². The highest BCUT2D eigenvalue weighted by molar-refractivity contribution is 9.10. The molecule has 1 fully saturated rings. The number of halogens is 3. The standard InChI is InChI=1S/C17H26BrN3O2.2ClH/c1-12(13(2)21-8-10-23-11-9-21)20-16(22)17(3,19)14-4-6-15(18)7-5-14;;/h4-7,12-13H,8-11,19H2,1-3H3,(H,20,22);2*1H. The Hall–Kier alpha value is -0.370. The first-order valence-corrected chi connectivity index (χ1v) is 8.79. The topological polar surface area (TPSA) is 67.6 Å². The molecule has 1 aliphatic rings. The average molecular weight is 457 g/mol. The Labute approximate surface area is 171 Å². The number of hydrogen-bond acceptors (Lipinski definition) is 4. The van der Waals surface area contributed by atoms with Gasteiger partial charge in [0.05, 0.1) is 13.2 Å². The summed E-state index contributed by atoms with van der Waals surface area (Å²) >= 11 is 3.40. The van der Waals surface area contributed by atoms with Crippen molar-refractivity contribution in [3.63, 3.8) is 0 Å². The number of nitrogens with zero attached hydrogens (tertiary/aromatic N) is 1. The van der Waals surface area contributed by atoms with Crippen molar-refractivity contribution in [2.24, 2.45) is 5.73 Å². The van der Waals surface area contributed by atoms with Crippen molar-refractivity contribution in [2.75, 3.05) is 26.3 Å². The normalized spacial score (nSPS) is 19.6. The number of carbonyl (C=O) groups is 1. The number of benzene rings is 1. The number of nitrogens with one attached hydrogen (secondary N) is 1. The van der Waals surface area contributed by atoms with Crippen LogP contribution in [0, 0.1) is 0 Å². The minimum absolute atomic E-state index is 0. The maximum atomic E-state index is 12.7. The molecule has 3 unspecified atom stereocenters. The number of nitrogens with two attached hydrogens (primary N) is 1. The van der Waals surface area contributed by atoms with E-state index < -0.39 is 5.54 Å². The zero-order chi connectivity index (χ0) is 17.0. The van der Waals surface area contributed by atoms with Gasteiger partial charge in [0.25, 0.3) is 0 Å². The van der Waals surface area contributed by atoms with Crippen LogP contribution < -0.4 is 11.1 Å². The summed E-state index contributed by atoms with van der Waals surface area (Å²) in [4.78, 5) is 15.0. The van der Waals surface area contributed by atoms with E-state index in [2.05, 4.69) is 33.1 Å². The van der Waals surface area contributed by atoms with E-state index in [1.165, 1.54) is 0 Å². The largest absolute Gasteiger partial charge is 0.379 e. The van der Waals surface area contributed by atoms with Gasteiger partial charge in [0, 0.05) is 29.6 Å². The van der Waals surface area contributed by atoms with Crippen molar-refractivity contribution in [1.29, 1.82) is 0 Å². The molecule has 144 valence electrons. The first kappa shape index (κ1) is 24.6. The SMILES string of the molecule is CC(NC(=O)C(C)(N)c1ccc(Br)cc1)C(C)N1CCOCC1.Cl.Cl. The van der Waals surface area contributed by atoms with Gasteiger partial charge in [0.2, 0.25) is 5.91 Å². The summed E-state index contributed by atoms with van der Waals surface area (Å²) < 4.78 is 6.34. The molecule has 0 spiro atoms. The van der Waals surface area contributed by atoms with Crippen LogP contribution in [-0.4, -0.2) is 49.2 Å². The van der Waals surface area contributed by atoms with E-state index in [1.807, 2.05) is 31.2 Å². The molecule has 0 aliphatic carbocycles. The Kier molecular flexibility index (Phi) is 10.5. The first-order chi connectivity index (χ1) is 10.8. The van der Waals surface area contributed by atoms with Gasteiger partial charge < -0.3 is 15.8 Å². The summed E-state index contributed by atoms with van der Waals surface area (Å²) in [5.41, 5.74) is 6.04. The highest BCUT2D eigenvalue weighted by Crippen LogP contribution is 2.21. The third-order valence-electron chi connectivity index (χ3n) is 4.62. The molecule has 0 radical (unpaired) electrons. The molecule has 1 saturated heterocycles. The zero-order valence-corrected chi connectivity index (χ0v) is 18.0. The van der Waals surface area contributed by atoms with E-state index in [0.29, 0.717) is 0 Å². The maximum Gasteiger partial charge on any atom is 0.244 e. The van der Waals surface area contributed by atoms with Crippen molar-refractivity contribution in [1.82, 2.24) is 10.2 Å². The fourth-order valence-corrected chi connectivity index (χ4v) is 2.97. The van der Waals surface area contributed by atoms with Crippen molar-refractivity contribution < 1.29 is 9.53 Å². The lowest BCUT2D eigenvalue weighted by atomic mass is 9.91. The van der Waals surface area contributed by atoms with Gasteiger partial charge in [-0.3, -0.25) is 9.69 Å². The van der Waals surface area contributed by atoms with E-state index >= 15 is 0 Å². The van der Waals surface area contributed by atoms with Gasteiger partial charge in [-0.1, -0.05) is 28.1 Å². The molecule has 0 bridgehead atoms.